The Morgan fingerprint density at radius 1 is 1.25 bits per heavy atom. The normalized spacial score (nSPS) is 10.7. The second-order valence-electron chi connectivity index (χ2n) is 3.22. The largest absolute Gasteiger partial charge is 0.357 e. The van der Waals surface area contributed by atoms with Gasteiger partial charge in [0.05, 0.1) is 0 Å². The van der Waals surface area contributed by atoms with Crippen molar-refractivity contribution in [2.45, 2.75) is 13.0 Å². The van der Waals surface area contributed by atoms with Crippen molar-refractivity contribution in [3.63, 3.8) is 0 Å². The third-order valence-corrected chi connectivity index (χ3v) is 2.85. The molecule has 0 fully saturated rings. The molecule has 0 bridgehead atoms. The van der Waals surface area contributed by atoms with Crippen LogP contribution in [0.3, 0.4) is 0 Å². The summed E-state index contributed by atoms with van der Waals surface area (Å²) in [5.74, 6) is 0. The number of hydrogen-bond acceptors (Lipinski definition) is 3. The standard InChI is InChI=1S/C11H10F2N2S/c12-10(13)9-7-16-11(15-9)14-6-8-4-2-1-3-5-8/h1-5,7,10H,6H2,(H,14,15). The summed E-state index contributed by atoms with van der Waals surface area (Å²) >= 11 is 1.19. The molecule has 1 N–H and O–H groups in total. The van der Waals surface area contributed by atoms with Crippen LogP contribution in [0.5, 0.6) is 0 Å². The second-order valence-corrected chi connectivity index (χ2v) is 4.08. The predicted molar refractivity (Wildman–Crippen MR) is 60.8 cm³/mol. The Bertz CT molecular complexity index is 442. The van der Waals surface area contributed by atoms with Crippen molar-refractivity contribution in [1.29, 1.82) is 0 Å². The number of aromatic nitrogens is 1. The van der Waals surface area contributed by atoms with Crippen molar-refractivity contribution in [3.05, 3.63) is 47.0 Å². The number of thiazole rings is 1. The first kappa shape index (κ1) is 11.0. The zero-order valence-corrected chi connectivity index (χ0v) is 9.18. The summed E-state index contributed by atoms with van der Waals surface area (Å²) < 4.78 is 24.5. The molecule has 0 saturated carbocycles. The van der Waals surface area contributed by atoms with Crippen molar-refractivity contribution in [3.8, 4) is 0 Å². The topological polar surface area (TPSA) is 24.9 Å². The lowest BCUT2D eigenvalue weighted by Crippen LogP contribution is -1.98. The highest BCUT2D eigenvalue weighted by Gasteiger charge is 2.11. The van der Waals surface area contributed by atoms with Crippen molar-refractivity contribution in [1.82, 2.24) is 4.98 Å². The van der Waals surface area contributed by atoms with Crippen LogP contribution in [0.4, 0.5) is 13.9 Å². The number of benzene rings is 1. The van der Waals surface area contributed by atoms with E-state index in [-0.39, 0.29) is 5.69 Å². The number of anilines is 1. The Kier molecular flexibility index (Phi) is 3.46. The summed E-state index contributed by atoms with van der Waals surface area (Å²) in [6.45, 7) is 0.594. The molecule has 16 heavy (non-hydrogen) atoms. The highest BCUT2D eigenvalue weighted by molar-refractivity contribution is 7.13. The Morgan fingerprint density at radius 3 is 2.62 bits per heavy atom. The van der Waals surface area contributed by atoms with Crippen LogP contribution >= 0.6 is 11.3 Å². The van der Waals surface area contributed by atoms with Crippen LogP contribution in [-0.4, -0.2) is 4.98 Å². The van der Waals surface area contributed by atoms with E-state index >= 15 is 0 Å². The number of hydrogen-bond donors (Lipinski definition) is 1. The molecule has 1 aromatic heterocycles. The van der Waals surface area contributed by atoms with E-state index in [9.17, 15) is 8.78 Å². The van der Waals surface area contributed by atoms with Crippen molar-refractivity contribution in [2.24, 2.45) is 0 Å². The lowest BCUT2D eigenvalue weighted by molar-refractivity contribution is 0.147. The van der Waals surface area contributed by atoms with E-state index in [0.29, 0.717) is 11.7 Å². The molecule has 1 heterocycles. The van der Waals surface area contributed by atoms with Gasteiger partial charge in [-0.3, -0.25) is 0 Å². The van der Waals surface area contributed by atoms with E-state index in [2.05, 4.69) is 10.3 Å². The van der Waals surface area contributed by atoms with Gasteiger partial charge < -0.3 is 5.32 Å². The number of nitrogens with zero attached hydrogens (tertiary/aromatic N) is 1. The smallest absolute Gasteiger partial charge is 0.281 e. The molecule has 5 heteroatoms. The number of rotatable bonds is 4. The quantitative estimate of drug-likeness (QED) is 0.881. The van der Waals surface area contributed by atoms with Gasteiger partial charge >= 0.3 is 0 Å². The minimum atomic E-state index is -2.50. The van der Waals surface area contributed by atoms with E-state index < -0.39 is 6.43 Å². The SMILES string of the molecule is FC(F)c1csc(NCc2ccccc2)n1. The molecule has 0 spiro atoms. The monoisotopic (exact) mass is 240 g/mol. The Balaban J connectivity index is 1.95. The fourth-order valence-corrected chi connectivity index (χ4v) is 1.94. The van der Waals surface area contributed by atoms with Crippen LogP contribution in [0.15, 0.2) is 35.7 Å². The van der Waals surface area contributed by atoms with Gasteiger partial charge in [0.15, 0.2) is 5.13 Å². The number of alkyl halides is 2. The molecule has 0 radical (unpaired) electrons. The molecule has 0 saturated heterocycles. The Hall–Kier alpha value is -1.49. The van der Waals surface area contributed by atoms with Gasteiger partial charge in [-0.05, 0) is 5.56 Å². The van der Waals surface area contributed by atoms with Crippen LogP contribution in [0.2, 0.25) is 0 Å². The molecule has 2 rings (SSSR count). The minimum absolute atomic E-state index is 0.166. The summed E-state index contributed by atoms with van der Waals surface area (Å²) in [4.78, 5) is 3.78. The van der Waals surface area contributed by atoms with Crippen LogP contribution in [-0.2, 0) is 6.54 Å². The summed E-state index contributed by atoms with van der Waals surface area (Å²) in [5, 5.41) is 4.91. The van der Waals surface area contributed by atoms with Crippen molar-refractivity contribution >= 4 is 16.5 Å². The molecule has 0 aliphatic heterocycles. The van der Waals surface area contributed by atoms with Gasteiger partial charge in [0.1, 0.15) is 5.69 Å². The van der Waals surface area contributed by atoms with Crippen molar-refractivity contribution in [2.75, 3.05) is 5.32 Å². The molecular formula is C11H10F2N2S. The summed E-state index contributed by atoms with van der Waals surface area (Å²) in [7, 11) is 0. The van der Waals surface area contributed by atoms with Crippen molar-refractivity contribution < 1.29 is 8.78 Å². The van der Waals surface area contributed by atoms with Gasteiger partial charge in [0.25, 0.3) is 6.43 Å². The summed E-state index contributed by atoms with van der Waals surface area (Å²) in [6, 6.07) is 9.73. The average molecular weight is 240 g/mol. The number of halogens is 2. The molecule has 0 amide bonds. The molecule has 0 unspecified atom stereocenters. The van der Waals surface area contributed by atoms with Gasteiger partial charge in [-0.25, -0.2) is 13.8 Å². The predicted octanol–water partition coefficient (Wildman–Crippen LogP) is 3.69. The lowest BCUT2D eigenvalue weighted by Gasteiger charge is -2.01. The maximum atomic E-state index is 12.3. The highest BCUT2D eigenvalue weighted by atomic mass is 32.1. The highest BCUT2D eigenvalue weighted by Crippen LogP contribution is 2.24. The molecule has 0 aliphatic carbocycles. The zero-order chi connectivity index (χ0) is 11.4. The van der Waals surface area contributed by atoms with E-state index in [4.69, 9.17) is 0 Å². The van der Waals surface area contributed by atoms with Gasteiger partial charge in [0, 0.05) is 11.9 Å². The van der Waals surface area contributed by atoms with Crippen LogP contribution in [0.25, 0.3) is 0 Å². The zero-order valence-electron chi connectivity index (χ0n) is 8.36. The lowest BCUT2D eigenvalue weighted by atomic mass is 10.2. The first-order valence-corrected chi connectivity index (χ1v) is 5.65. The molecule has 1 aromatic carbocycles. The molecule has 2 nitrogen and oxygen atoms in total. The fraction of sp³-hybridized carbons (Fsp3) is 0.182. The first-order chi connectivity index (χ1) is 7.75. The number of nitrogens with one attached hydrogen (secondary N) is 1. The third-order valence-electron chi connectivity index (χ3n) is 2.03. The summed E-state index contributed by atoms with van der Waals surface area (Å²) in [6.07, 6.45) is -2.50. The minimum Gasteiger partial charge on any atom is -0.357 e. The molecule has 0 aliphatic rings. The van der Waals surface area contributed by atoms with Gasteiger partial charge in [-0.15, -0.1) is 11.3 Å². The third kappa shape index (κ3) is 2.76. The fourth-order valence-electron chi connectivity index (χ4n) is 1.24. The van der Waals surface area contributed by atoms with Gasteiger partial charge in [-0.2, -0.15) is 0 Å². The Morgan fingerprint density at radius 2 is 2.00 bits per heavy atom. The van der Waals surface area contributed by atoms with E-state index in [1.807, 2.05) is 30.3 Å². The molecule has 2 aromatic rings. The van der Waals surface area contributed by atoms with Crippen LogP contribution in [0.1, 0.15) is 17.7 Å². The van der Waals surface area contributed by atoms with E-state index in [1.165, 1.54) is 16.7 Å². The second kappa shape index (κ2) is 5.03. The van der Waals surface area contributed by atoms with Crippen LogP contribution < -0.4 is 5.32 Å². The maximum Gasteiger partial charge on any atom is 0.281 e. The summed E-state index contributed by atoms with van der Waals surface area (Å²) in [5.41, 5.74) is 0.928. The Labute approximate surface area is 96.0 Å². The van der Waals surface area contributed by atoms with Gasteiger partial charge in [-0.1, -0.05) is 30.3 Å². The van der Waals surface area contributed by atoms with E-state index in [0.717, 1.165) is 5.56 Å². The average Bonchev–Trinajstić information content (AvgIpc) is 2.76. The molecule has 84 valence electrons. The van der Waals surface area contributed by atoms with Crippen LogP contribution in [0, 0.1) is 0 Å². The molecular weight excluding hydrogens is 230 g/mol. The van der Waals surface area contributed by atoms with E-state index in [1.54, 1.807) is 0 Å². The van der Waals surface area contributed by atoms with Gasteiger partial charge in [0.2, 0.25) is 0 Å². The molecule has 0 atom stereocenters. The first-order valence-electron chi connectivity index (χ1n) is 4.77. The maximum absolute atomic E-state index is 12.3.